The first-order chi connectivity index (χ1) is 14.7. The molecule has 8 nitrogen and oxygen atoms in total. The summed E-state index contributed by atoms with van der Waals surface area (Å²) in [4.78, 5) is 6.18. The fourth-order valence-corrected chi connectivity index (χ4v) is 3.69. The Morgan fingerprint density at radius 3 is 2.68 bits per heavy atom. The van der Waals surface area contributed by atoms with Crippen LogP contribution in [0.2, 0.25) is 0 Å². The summed E-state index contributed by atoms with van der Waals surface area (Å²) in [6.07, 6.45) is 0.782. The van der Waals surface area contributed by atoms with Crippen molar-refractivity contribution in [3.05, 3.63) is 71.1 Å². The van der Waals surface area contributed by atoms with Gasteiger partial charge in [-0.2, -0.15) is 5.26 Å². The van der Waals surface area contributed by atoms with Crippen LogP contribution in [0.25, 0.3) is 5.69 Å². The van der Waals surface area contributed by atoms with E-state index in [9.17, 15) is 12.8 Å². The third kappa shape index (κ3) is 5.73. The highest BCUT2D eigenvalue weighted by atomic mass is 32.2. The molecule has 0 aliphatic rings. The lowest BCUT2D eigenvalue weighted by atomic mass is 10.1. The van der Waals surface area contributed by atoms with Crippen LogP contribution in [0.3, 0.4) is 0 Å². The molecule has 0 bridgehead atoms. The Balaban J connectivity index is 2.01. The van der Waals surface area contributed by atoms with Crippen molar-refractivity contribution in [1.82, 2.24) is 19.7 Å². The molecule has 0 atom stereocenters. The smallest absolute Gasteiger partial charge is 0.238 e. The van der Waals surface area contributed by atoms with E-state index < -0.39 is 15.8 Å². The maximum absolute atomic E-state index is 14.8. The Morgan fingerprint density at radius 2 is 2.03 bits per heavy atom. The lowest BCUT2D eigenvalue weighted by Crippen LogP contribution is -2.19. The van der Waals surface area contributed by atoms with Crippen LogP contribution in [0.1, 0.15) is 29.2 Å². The first kappa shape index (κ1) is 22.6. The normalized spacial score (nSPS) is 11.6. The van der Waals surface area contributed by atoms with Crippen molar-refractivity contribution in [2.24, 2.45) is 5.14 Å². The first-order valence-corrected chi connectivity index (χ1v) is 11.1. The van der Waals surface area contributed by atoms with Gasteiger partial charge in [0, 0.05) is 19.4 Å². The Bertz CT molecular complexity index is 1230. The topological polar surface area (TPSA) is 118 Å². The number of rotatable bonds is 8. The Kier molecular flexibility index (Phi) is 6.80. The number of nitrogens with zero attached hydrogens (tertiary/aromatic N) is 5. The van der Waals surface area contributed by atoms with Gasteiger partial charge in [0.1, 0.15) is 17.3 Å². The van der Waals surface area contributed by atoms with E-state index in [1.165, 1.54) is 16.8 Å². The fraction of sp³-hybridized carbons (Fsp3) is 0.286. The molecule has 0 saturated heterocycles. The second kappa shape index (κ2) is 9.34. The molecule has 10 heteroatoms. The van der Waals surface area contributed by atoms with Crippen molar-refractivity contribution in [3.8, 4) is 11.8 Å². The number of hydrogen-bond donors (Lipinski definition) is 1. The largest absolute Gasteiger partial charge is 0.298 e. The summed E-state index contributed by atoms with van der Waals surface area (Å²) in [6, 6.07) is 13.4. The molecule has 0 aliphatic carbocycles. The van der Waals surface area contributed by atoms with Gasteiger partial charge in [0.05, 0.1) is 17.5 Å². The van der Waals surface area contributed by atoms with Gasteiger partial charge in [0.25, 0.3) is 0 Å². The Morgan fingerprint density at radius 1 is 1.26 bits per heavy atom. The minimum atomic E-state index is -4.03. The summed E-state index contributed by atoms with van der Waals surface area (Å²) >= 11 is 0. The average Bonchev–Trinajstić information content (AvgIpc) is 3.07. The SMILES string of the molecule is Cc1cccc(Cc2nc(CN(C)CCC#N)nn2-c2ccc(S(N)(=O)=O)cc2F)c1. The molecule has 3 aromatic rings. The highest BCUT2D eigenvalue weighted by molar-refractivity contribution is 7.89. The molecule has 162 valence electrons. The van der Waals surface area contributed by atoms with Crippen LogP contribution in [-0.4, -0.2) is 41.7 Å². The van der Waals surface area contributed by atoms with Gasteiger partial charge in [0.2, 0.25) is 10.0 Å². The van der Waals surface area contributed by atoms with Crippen molar-refractivity contribution in [2.75, 3.05) is 13.6 Å². The number of nitriles is 1. The molecule has 0 saturated carbocycles. The number of aromatic nitrogens is 3. The summed E-state index contributed by atoms with van der Waals surface area (Å²) in [6.45, 7) is 2.91. The summed E-state index contributed by atoms with van der Waals surface area (Å²) in [5.41, 5.74) is 2.15. The Hall–Kier alpha value is -3.13. The van der Waals surface area contributed by atoms with E-state index in [-0.39, 0.29) is 10.6 Å². The van der Waals surface area contributed by atoms with Crippen molar-refractivity contribution in [2.45, 2.75) is 31.2 Å². The van der Waals surface area contributed by atoms with Crippen LogP contribution < -0.4 is 5.14 Å². The van der Waals surface area contributed by atoms with Gasteiger partial charge in [-0.1, -0.05) is 29.8 Å². The van der Waals surface area contributed by atoms with Gasteiger partial charge >= 0.3 is 0 Å². The molecule has 0 amide bonds. The van der Waals surface area contributed by atoms with Crippen LogP contribution in [-0.2, 0) is 23.0 Å². The lowest BCUT2D eigenvalue weighted by molar-refractivity contribution is 0.326. The number of hydrogen-bond acceptors (Lipinski definition) is 6. The van der Waals surface area contributed by atoms with Gasteiger partial charge < -0.3 is 0 Å². The molecule has 3 rings (SSSR count). The first-order valence-electron chi connectivity index (χ1n) is 9.56. The van der Waals surface area contributed by atoms with Crippen LogP contribution in [0.15, 0.2) is 47.4 Å². The number of halogens is 1. The zero-order valence-corrected chi connectivity index (χ0v) is 18.1. The second-order valence-corrected chi connectivity index (χ2v) is 8.89. The molecule has 1 aromatic heterocycles. The van der Waals surface area contributed by atoms with E-state index in [4.69, 9.17) is 10.4 Å². The molecule has 1 heterocycles. The van der Waals surface area contributed by atoms with E-state index in [1.807, 2.05) is 43.1 Å². The number of nitrogens with two attached hydrogens (primary N) is 1. The third-order valence-corrected chi connectivity index (χ3v) is 5.57. The van der Waals surface area contributed by atoms with Gasteiger partial charge in [-0.05, 0) is 37.7 Å². The van der Waals surface area contributed by atoms with Crippen LogP contribution in [0.5, 0.6) is 0 Å². The molecular formula is C21H23FN6O2S. The molecule has 2 aromatic carbocycles. The molecular weight excluding hydrogens is 419 g/mol. The van der Waals surface area contributed by atoms with E-state index in [0.717, 1.165) is 17.2 Å². The standard InChI is InChI=1S/C21H23FN6O2S/c1-15-5-3-6-16(11-15)12-21-25-20(14-27(2)10-4-9-23)26-28(21)19-8-7-17(13-18(19)22)31(24,29)30/h3,5-8,11,13H,4,10,12,14H2,1-2H3,(H2,24,29,30). The highest BCUT2D eigenvalue weighted by Gasteiger charge is 2.18. The second-order valence-electron chi connectivity index (χ2n) is 7.33. The summed E-state index contributed by atoms with van der Waals surface area (Å²) in [5, 5.41) is 18.3. The van der Waals surface area contributed by atoms with Crippen LogP contribution in [0.4, 0.5) is 4.39 Å². The summed E-state index contributed by atoms with van der Waals surface area (Å²) in [5.74, 6) is 0.209. The maximum atomic E-state index is 14.8. The van der Waals surface area contributed by atoms with E-state index >= 15 is 0 Å². The van der Waals surface area contributed by atoms with Crippen molar-refractivity contribution in [1.29, 1.82) is 5.26 Å². The quantitative estimate of drug-likeness (QED) is 0.572. The fourth-order valence-electron chi connectivity index (χ4n) is 3.17. The molecule has 31 heavy (non-hydrogen) atoms. The van der Waals surface area contributed by atoms with Gasteiger partial charge in [-0.3, -0.25) is 4.90 Å². The van der Waals surface area contributed by atoms with Crippen molar-refractivity contribution < 1.29 is 12.8 Å². The molecule has 0 aliphatic heterocycles. The van der Waals surface area contributed by atoms with Gasteiger partial charge in [-0.15, -0.1) is 5.10 Å². The molecule has 0 spiro atoms. The summed E-state index contributed by atoms with van der Waals surface area (Å²) in [7, 11) is -2.18. The predicted molar refractivity (Wildman–Crippen MR) is 113 cm³/mol. The van der Waals surface area contributed by atoms with Gasteiger partial charge in [-0.25, -0.2) is 27.6 Å². The minimum absolute atomic E-state index is 0.0773. The van der Waals surface area contributed by atoms with E-state index in [1.54, 1.807) is 0 Å². The Labute approximate surface area is 180 Å². The van der Waals surface area contributed by atoms with Crippen LogP contribution in [0, 0.1) is 24.1 Å². The number of aryl methyl sites for hydroxylation is 1. The monoisotopic (exact) mass is 442 g/mol. The van der Waals surface area contributed by atoms with E-state index in [0.29, 0.717) is 37.6 Å². The number of sulfonamides is 1. The molecule has 0 radical (unpaired) electrons. The predicted octanol–water partition coefficient (Wildman–Crippen LogP) is 2.30. The molecule has 0 unspecified atom stereocenters. The molecule has 0 fully saturated rings. The zero-order valence-electron chi connectivity index (χ0n) is 17.3. The lowest BCUT2D eigenvalue weighted by Gasteiger charge is -2.11. The zero-order chi connectivity index (χ0) is 22.6. The minimum Gasteiger partial charge on any atom is -0.298 e. The molecule has 2 N–H and O–H groups in total. The summed E-state index contributed by atoms with van der Waals surface area (Å²) < 4.78 is 39.3. The highest BCUT2D eigenvalue weighted by Crippen LogP contribution is 2.20. The van der Waals surface area contributed by atoms with Crippen LogP contribution >= 0.6 is 0 Å². The third-order valence-electron chi connectivity index (χ3n) is 4.66. The average molecular weight is 443 g/mol. The van der Waals surface area contributed by atoms with Crippen molar-refractivity contribution >= 4 is 10.0 Å². The van der Waals surface area contributed by atoms with E-state index in [2.05, 4.69) is 16.2 Å². The van der Waals surface area contributed by atoms with Crippen molar-refractivity contribution in [3.63, 3.8) is 0 Å². The number of primary sulfonamides is 1. The van der Waals surface area contributed by atoms with Gasteiger partial charge in [0.15, 0.2) is 5.82 Å². The number of benzene rings is 2. The maximum Gasteiger partial charge on any atom is 0.238 e.